The minimum atomic E-state index is 0.0524. The second kappa shape index (κ2) is 8.52. The first kappa shape index (κ1) is 19.3. The van der Waals surface area contributed by atoms with Gasteiger partial charge in [-0.25, -0.2) is 0 Å². The summed E-state index contributed by atoms with van der Waals surface area (Å²) in [7, 11) is 0. The summed E-state index contributed by atoms with van der Waals surface area (Å²) in [4.78, 5) is 17.9. The predicted molar refractivity (Wildman–Crippen MR) is 121 cm³/mol. The van der Waals surface area contributed by atoms with Crippen LogP contribution in [0.4, 0.5) is 11.4 Å². The van der Waals surface area contributed by atoms with Gasteiger partial charge in [0.25, 0.3) is 0 Å². The molecule has 1 unspecified atom stereocenters. The van der Waals surface area contributed by atoms with Crippen molar-refractivity contribution in [2.24, 2.45) is 0 Å². The fourth-order valence-electron chi connectivity index (χ4n) is 4.44. The SMILES string of the molecule is CCN1c2ccccc2N(C(=O)CC(c2ccccc2)c2ccccc2)CC1C. The van der Waals surface area contributed by atoms with E-state index in [4.69, 9.17) is 0 Å². The molecular weight excluding hydrogens is 356 g/mol. The van der Waals surface area contributed by atoms with Crippen molar-refractivity contribution in [3.8, 4) is 0 Å². The topological polar surface area (TPSA) is 23.6 Å². The van der Waals surface area contributed by atoms with E-state index in [-0.39, 0.29) is 11.8 Å². The first-order valence-electron chi connectivity index (χ1n) is 10.4. The third-order valence-electron chi connectivity index (χ3n) is 5.89. The Labute approximate surface area is 173 Å². The molecule has 1 amide bonds. The summed E-state index contributed by atoms with van der Waals surface area (Å²) >= 11 is 0. The number of hydrogen-bond acceptors (Lipinski definition) is 2. The van der Waals surface area contributed by atoms with Gasteiger partial charge in [0.15, 0.2) is 0 Å². The van der Waals surface area contributed by atoms with E-state index in [1.807, 2.05) is 47.4 Å². The van der Waals surface area contributed by atoms with E-state index in [0.29, 0.717) is 12.5 Å². The van der Waals surface area contributed by atoms with Gasteiger partial charge in [0, 0.05) is 31.5 Å². The van der Waals surface area contributed by atoms with Gasteiger partial charge in [0.1, 0.15) is 0 Å². The maximum Gasteiger partial charge on any atom is 0.228 e. The van der Waals surface area contributed by atoms with Crippen LogP contribution in [0.5, 0.6) is 0 Å². The second-order valence-corrected chi connectivity index (χ2v) is 7.71. The monoisotopic (exact) mass is 384 g/mol. The molecule has 0 aliphatic carbocycles. The fraction of sp³-hybridized carbons (Fsp3) is 0.269. The maximum absolute atomic E-state index is 13.6. The summed E-state index contributed by atoms with van der Waals surface area (Å²) < 4.78 is 0. The van der Waals surface area contributed by atoms with Crippen LogP contribution < -0.4 is 9.80 Å². The number of amides is 1. The third-order valence-corrected chi connectivity index (χ3v) is 5.89. The third kappa shape index (κ3) is 3.91. The zero-order valence-corrected chi connectivity index (χ0v) is 17.2. The molecular formula is C26H28N2O. The summed E-state index contributed by atoms with van der Waals surface area (Å²) in [6.45, 7) is 6.04. The molecule has 4 rings (SSSR count). The van der Waals surface area contributed by atoms with Crippen molar-refractivity contribution < 1.29 is 4.79 Å². The van der Waals surface area contributed by atoms with Crippen LogP contribution in [-0.4, -0.2) is 25.0 Å². The first-order valence-corrected chi connectivity index (χ1v) is 10.4. The Hall–Kier alpha value is -3.07. The molecule has 1 aliphatic rings. The Morgan fingerprint density at radius 1 is 0.862 bits per heavy atom. The minimum Gasteiger partial charge on any atom is -0.366 e. The molecule has 1 heterocycles. The van der Waals surface area contributed by atoms with Crippen molar-refractivity contribution in [2.45, 2.75) is 32.2 Å². The second-order valence-electron chi connectivity index (χ2n) is 7.71. The number of likely N-dealkylation sites (N-methyl/N-ethyl adjacent to an activating group) is 1. The summed E-state index contributed by atoms with van der Waals surface area (Å²) in [5.74, 6) is 0.231. The zero-order chi connectivity index (χ0) is 20.2. The Morgan fingerprint density at radius 3 is 1.93 bits per heavy atom. The number of para-hydroxylation sites is 2. The van der Waals surface area contributed by atoms with Crippen LogP contribution in [0, 0.1) is 0 Å². The largest absolute Gasteiger partial charge is 0.366 e. The average Bonchev–Trinajstić information content (AvgIpc) is 2.78. The number of hydrogen-bond donors (Lipinski definition) is 0. The smallest absolute Gasteiger partial charge is 0.228 e. The first-order chi connectivity index (χ1) is 14.2. The number of carbonyl (C=O) groups is 1. The number of carbonyl (C=O) groups excluding carboxylic acids is 1. The van der Waals surface area contributed by atoms with Crippen molar-refractivity contribution >= 4 is 17.3 Å². The number of nitrogens with zero attached hydrogens (tertiary/aromatic N) is 2. The van der Waals surface area contributed by atoms with E-state index in [9.17, 15) is 4.79 Å². The van der Waals surface area contributed by atoms with Crippen LogP contribution in [0.25, 0.3) is 0 Å². The van der Waals surface area contributed by atoms with Crippen LogP contribution in [-0.2, 0) is 4.79 Å². The van der Waals surface area contributed by atoms with Gasteiger partial charge in [0.05, 0.1) is 11.4 Å². The zero-order valence-electron chi connectivity index (χ0n) is 17.2. The van der Waals surface area contributed by atoms with Gasteiger partial charge in [0.2, 0.25) is 5.91 Å². The Bertz CT molecular complexity index is 915. The van der Waals surface area contributed by atoms with Crippen molar-refractivity contribution in [1.82, 2.24) is 0 Å². The lowest BCUT2D eigenvalue weighted by molar-refractivity contribution is -0.118. The van der Waals surface area contributed by atoms with Gasteiger partial charge in [-0.1, -0.05) is 72.8 Å². The van der Waals surface area contributed by atoms with Crippen molar-refractivity contribution in [3.63, 3.8) is 0 Å². The Balaban J connectivity index is 1.66. The van der Waals surface area contributed by atoms with Crippen LogP contribution in [0.3, 0.4) is 0 Å². The molecule has 148 valence electrons. The lowest BCUT2D eigenvalue weighted by Crippen LogP contribution is -2.49. The lowest BCUT2D eigenvalue weighted by atomic mass is 9.88. The molecule has 0 saturated carbocycles. The molecule has 3 aromatic carbocycles. The van der Waals surface area contributed by atoms with Gasteiger partial charge in [-0.05, 0) is 37.1 Å². The Kier molecular flexibility index (Phi) is 5.66. The summed E-state index contributed by atoms with van der Waals surface area (Å²) in [6, 6.07) is 29.3. The van der Waals surface area contributed by atoms with E-state index in [2.05, 4.69) is 61.2 Å². The molecule has 0 fully saturated rings. The highest BCUT2D eigenvalue weighted by Crippen LogP contribution is 2.37. The Morgan fingerprint density at radius 2 is 1.38 bits per heavy atom. The van der Waals surface area contributed by atoms with Crippen LogP contribution in [0.15, 0.2) is 84.9 Å². The highest BCUT2D eigenvalue weighted by molar-refractivity contribution is 5.98. The van der Waals surface area contributed by atoms with Crippen LogP contribution in [0.2, 0.25) is 0 Å². The molecule has 29 heavy (non-hydrogen) atoms. The van der Waals surface area contributed by atoms with Crippen molar-refractivity contribution in [1.29, 1.82) is 0 Å². The van der Waals surface area contributed by atoms with Gasteiger partial charge >= 0.3 is 0 Å². The van der Waals surface area contributed by atoms with Gasteiger partial charge in [-0.3, -0.25) is 4.79 Å². The quantitative estimate of drug-likeness (QED) is 0.582. The maximum atomic E-state index is 13.6. The summed E-state index contributed by atoms with van der Waals surface area (Å²) in [5, 5.41) is 0. The molecule has 3 nitrogen and oxygen atoms in total. The number of fused-ring (bicyclic) bond motifs is 1. The van der Waals surface area contributed by atoms with Gasteiger partial charge in [-0.15, -0.1) is 0 Å². The van der Waals surface area contributed by atoms with E-state index in [0.717, 1.165) is 24.5 Å². The lowest BCUT2D eigenvalue weighted by Gasteiger charge is -2.42. The molecule has 3 aromatic rings. The normalized spacial score (nSPS) is 16.0. The molecule has 0 bridgehead atoms. The van der Waals surface area contributed by atoms with Gasteiger partial charge in [-0.2, -0.15) is 0 Å². The van der Waals surface area contributed by atoms with Crippen LogP contribution >= 0.6 is 0 Å². The van der Waals surface area contributed by atoms with Crippen molar-refractivity contribution in [2.75, 3.05) is 22.9 Å². The number of anilines is 2. The number of benzene rings is 3. The fourth-order valence-corrected chi connectivity index (χ4v) is 4.44. The molecule has 0 spiro atoms. The van der Waals surface area contributed by atoms with E-state index in [1.165, 1.54) is 11.1 Å². The number of rotatable bonds is 5. The molecule has 0 aromatic heterocycles. The standard InChI is InChI=1S/C26H28N2O/c1-3-27-20(2)19-28(25-17-11-10-16-24(25)27)26(29)18-23(21-12-6-4-7-13-21)22-14-8-5-9-15-22/h4-17,20,23H,3,18-19H2,1-2H3. The molecule has 0 saturated heterocycles. The van der Waals surface area contributed by atoms with Crippen molar-refractivity contribution in [3.05, 3.63) is 96.1 Å². The molecule has 0 radical (unpaired) electrons. The molecule has 0 N–H and O–H groups in total. The van der Waals surface area contributed by atoms with E-state index < -0.39 is 0 Å². The summed E-state index contributed by atoms with van der Waals surface area (Å²) in [6.07, 6.45) is 0.460. The molecule has 1 atom stereocenters. The van der Waals surface area contributed by atoms with Crippen LogP contribution in [0.1, 0.15) is 37.3 Å². The van der Waals surface area contributed by atoms with Gasteiger partial charge < -0.3 is 9.80 Å². The highest BCUT2D eigenvalue weighted by Gasteiger charge is 2.31. The average molecular weight is 385 g/mol. The predicted octanol–water partition coefficient (Wildman–Crippen LogP) is 5.47. The van der Waals surface area contributed by atoms with E-state index >= 15 is 0 Å². The molecule has 1 aliphatic heterocycles. The molecule has 3 heteroatoms. The van der Waals surface area contributed by atoms with E-state index in [1.54, 1.807) is 0 Å². The minimum absolute atomic E-state index is 0.0524. The summed E-state index contributed by atoms with van der Waals surface area (Å²) in [5.41, 5.74) is 4.54. The highest BCUT2D eigenvalue weighted by atomic mass is 16.2.